The number of hydrogen-bond acceptors (Lipinski definition) is 2. The fraction of sp³-hybridized carbons (Fsp3) is 0.706. The van der Waals surface area contributed by atoms with Gasteiger partial charge in [0.1, 0.15) is 0 Å². The van der Waals surface area contributed by atoms with Crippen molar-refractivity contribution in [1.82, 2.24) is 4.57 Å². The molecule has 1 saturated carbocycles. The van der Waals surface area contributed by atoms with E-state index in [-0.39, 0.29) is 0 Å². The molecule has 3 nitrogen and oxygen atoms in total. The molecule has 0 atom stereocenters. The van der Waals surface area contributed by atoms with Crippen molar-refractivity contribution in [2.24, 2.45) is 0 Å². The normalized spacial score (nSPS) is 20.1. The Morgan fingerprint density at radius 2 is 2.00 bits per heavy atom. The number of ketones is 1. The lowest BCUT2D eigenvalue weighted by molar-refractivity contribution is 0.0236. The summed E-state index contributed by atoms with van der Waals surface area (Å²) >= 11 is 0. The van der Waals surface area contributed by atoms with Crippen molar-refractivity contribution < 1.29 is 9.53 Å². The number of fused-ring (bicyclic) bond motifs is 1. The molecular formula is C17H25NO2. The Labute approximate surface area is 121 Å². The van der Waals surface area contributed by atoms with Crippen LogP contribution in [0.25, 0.3) is 0 Å². The molecule has 0 bridgehead atoms. The van der Waals surface area contributed by atoms with Crippen LogP contribution in [0.3, 0.4) is 0 Å². The molecule has 0 N–H and O–H groups in total. The highest BCUT2D eigenvalue weighted by molar-refractivity contribution is 5.98. The first-order valence-corrected chi connectivity index (χ1v) is 8.09. The minimum Gasteiger partial charge on any atom is -0.376 e. The second-order valence-corrected chi connectivity index (χ2v) is 6.21. The zero-order valence-electron chi connectivity index (χ0n) is 12.5. The molecule has 3 rings (SSSR count). The highest BCUT2D eigenvalue weighted by Crippen LogP contribution is 2.25. The molecule has 0 saturated heterocycles. The first kappa shape index (κ1) is 13.9. The zero-order chi connectivity index (χ0) is 13.9. The highest BCUT2D eigenvalue weighted by atomic mass is 16.5. The lowest BCUT2D eigenvalue weighted by atomic mass is 9.97. The van der Waals surface area contributed by atoms with E-state index in [9.17, 15) is 4.79 Å². The Balaban J connectivity index is 1.61. The molecule has 0 radical (unpaired) electrons. The van der Waals surface area contributed by atoms with Gasteiger partial charge in [-0.15, -0.1) is 0 Å². The van der Waals surface area contributed by atoms with Gasteiger partial charge < -0.3 is 9.30 Å². The summed E-state index contributed by atoms with van der Waals surface area (Å²) in [6, 6.07) is 2.07. The number of carbonyl (C=O) groups excluding carboxylic acids is 1. The first-order chi connectivity index (χ1) is 9.75. The topological polar surface area (TPSA) is 31.2 Å². The second-order valence-electron chi connectivity index (χ2n) is 6.21. The zero-order valence-corrected chi connectivity index (χ0v) is 12.5. The lowest BCUT2D eigenvalue weighted by Crippen LogP contribution is -2.21. The van der Waals surface area contributed by atoms with Crippen LogP contribution in [0.1, 0.15) is 66.7 Å². The van der Waals surface area contributed by atoms with Crippen LogP contribution in [0.5, 0.6) is 0 Å². The van der Waals surface area contributed by atoms with E-state index in [1.807, 2.05) is 0 Å². The Morgan fingerprint density at radius 3 is 2.80 bits per heavy atom. The third kappa shape index (κ3) is 2.83. The van der Waals surface area contributed by atoms with E-state index in [0.717, 1.165) is 38.0 Å². The molecule has 0 amide bonds. The molecule has 20 heavy (non-hydrogen) atoms. The van der Waals surface area contributed by atoms with Crippen molar-refractivity contribution >= 4 is 5.78 Å². The van der Waals surface area contributed by atoms with Crippen molar-refractivity contribution in [3.05, 3.63) is 23.0 Å². The summed E-state index contributed by atoms with van der Waals surface area (Å²) in [5.41, 5.74) is 3.41. The number of ether oxygens (including phenoxy) is 1. The van der Waals surface area contributed by atoms with Gasteiger partial charge in [0.05, 0.1) is 12.7 Å². The van der Waals surface area contributed by atoms with Gasteiger partial charge in [0.2, 0.25) is 0 Å². The van der Waals surface area contributed by atoms with Gasteiger partial charge in [0, 0.05) is 29.9 Å². The van der Waals surface area contributed by atoms with Gasteiger partial charge in [-0.25, -0.2) is 0 Å². The predicted octanol–water partition coefficient (Wildman–Crippen LogP) is 3.66. The molecule has 1 aromatic heterocycles. The molecule has 1 fully saturated rings. The van der Waals surface area contributed by atoms with E-state index < -0.39 is 0 Å². The molecule has 0 spiro atoms. The maximum absolute atomic E-state index is 11.9. The van der Waals surface area contributed by atoms with E-state index >= 15 is 0 Å². The lowest BCUT2D eigenvalue weighted by Gasteiger charge is -2.23. The molecule has 0 aromatic carbocycles. The van der Waals surface area contributed by atoms with Gasteiger partial charge in [-0.2, -0.15) is 0 Å². The Hall–Kier alpha value is -1.09. The molecule has 0 aliphatic heterocycles. The third-order valence-corrected chi connectivity index (χ3v) is 4.75. The van der Waals surface area contributed by atoms with Crippen molar-refractivity contribution in [1.29, 1.82) is 0 Å². The van der Waals surface area contributed by atoms with Crippen molar-refractivity contribution in [2.75, 3.05) is 6.61 Å². The van der Waals surface area contributed by atoms with E-state index in [4.69, 9.17) is 4.74 Å². The molecular weight excluding hydrogens is 250 g/mol. The van der Waals surface area contributed by atoms with Crippen LogP contribution in [-0.4, -0.2) is 23.1 Å². The Morgan fingerprint density at radius 1 is 1.20 bits per heavy atom. The fourth-order valence-electron chi connectivity index (χ4n) is 3.64. The number of Topliss-reactive ketones (excluding diaryl/α,β-unsaturated/α-hetero) is 1. The summed E-state index contributed by atoms with van der Waals surface area (Å²) in [6.07, 6.45) is 9.67. The molecule has 1 heterocycles. The largest absolute Gasteiger partial charge is 0.376 e. The van der Waals surface area contributed by atoms with E-state index in [2.05, 4.69) is 17.6 Å². The third-order valence-electron chi connectivity index (χ3n) is 4.75. The minimum absolute atomic E-state index is 0.321. The fourth-order valence-corrected chi connectivity index (χ4v) is 3.64. The average Bonchev–Trinajstić information content (AvgIpc) is 2.78. The smallest absolute Gasteiger partial charge is 0.164 e. The highest BCUT2D eigenvalue weighted by Gasteiger charge is 2.22. The van der Waals surface area contributed by atoms with Crippen molar-refractivity contribution in [3.63, 3.8) is 0 Å². The van der Waals surface area contributed by atoms with Crippen LogP contribution in [0.2, 0.25) is 0 Å². The second kappa shape index (κ2) is 6.13. The number of aryl methyl sites for hydroxylation is 1. The SMILES string of the molecule is Cc1cc2c(n1CCOC1CCCCC1)CCCC2=O. The maximum atomic E-state index is 11.9. The summed E-state index contributed by atoms with van der Waals surface area (Å²) in [5.74, 6) is 0.321. The van der Waals surface area contributed by atoms with Crippen LogP contribution < -0.4 is 0 Å². The summed E-state index contributed by atoms with van der Waals surface area (Å²) in [5, 5.41) is 0. The van der Waals surface area contributed by atoms with Crippen LogP contribution in [-0.2, 0) is 17.7 Å². The number of hydrogen-bond donors (Lipinski definition) is 0. The number of rotatable bonds is 4. The van der Waals surface area contributed by atoms with E-state index in [1.165, 1.54) is 43.5 Å². The van der Waals surface area contributed by atoms with Crippen LogP contribution >= 0.6 is 0 Å². The Kier molecular flexibility index (Phi) is 4.25. The summed E-state index contributed by atoms with van der Waals surface area (Å²) < 4.78 is 8.32. The van der Waals surface area contributed by atoms with Gasteiger partial charge in [0.25, 0.3) is 0 Å². The molecule has 0 unspecified atom stereocenters. The van der Waals surface area contributed by atoms with Gasteiger partial charge in [-0.3, -0.25) is 4.79 Å². The summed E-state index contributed by atoms with van der Waals surface area (Å²) in [6.45, 7) is 3.78. The Bertz CT molecular complexity index is 483. The standard InChI is InChI=1S/C17H25NO2/c1-13-12-15-16(8-5-9-17(15)19)18(13)10-11-20-14-6-3-2-4-7-14/h12,14H,2-11H2,1H3. The maximum Gasteiger partial charge on any atom is 0.164 e. The predicted molar refractivity (Wildman–Crippen MR) is 79.3 cm³/mol. The van der Waals surface area contributed by atoms with Gasteiger partial charge in [-0.1, -0.05) is 19.3 Å². The summed E-state index contributed by atoms with van der Waals surface area (Å²) in [4.78, 5) is 11.9. The molecule has 1 aromatic rings. The van der Waals surface area contributed by atoms with E-state index in [0.29, 0.717) is 11.9 Å². The van der Waals surface area contributed by atoms with E-state index in [1.54, 1.807) is 0 Å². The monoisotopic (exact) mass is 275 g/mol. The van der Waals surface area contributed by atoms with Gasteiger partial charge >= 0.3 is 0 Å². The van der Waals surface area contributed by atoms with Crippen LogP contribution in [0.15, 0.2) is 6.07 Å². The van der Waals surface area contributed by atoms with Crippen LogP contribution in [0, 0.1) is 6.92 Å². The van der Waals surface area contributed by atoms with Crippen molar-refractivity contribution in [2.45, 2.75) is 70.9 Å². The van der Waals surface area contributed by atoms with Crippen molar-refractivity contribution in [3.8, 4) is 0 Å². The number of aromatic nitrogens is 1. The van der Waals surface area contributed by atoms with Gasteiger partial charge in [0.15, 0.2) is 5.78 Å². The first-order valence-electron chi connectivity index (χ1n) is 8.09. The quantitative estimate of drug-likeness (QED) is 0.839. The number of nitrogens with zero attached hydrogens (tertiary/aromatic N) is 1. The molecule has 110 valence electrons. The van der Waals surface area contributed by atoms with Crippen LogP contribution in [0.4, 0.5) is 0 Å². The number of carbonyl (C=O) groups is 1. The summed E-state index contributed by atoms with van der Waals surface area (Å²) in [7, 11) is 0. The average molecular weight is 275 g/mol. The molecule has 2 aliphatic rings. The molecule has 2 aliphatic carbocycles. The van der Waals surface area contributed by atoms with Gasteiger partial charge in [-0.05, 0) is 38.7 Å². The molecule has 3 heteroatoms. The minimum atomic E-state index is 0.321.